The lowest BCUT2D eigenvalue weighted by molar-refractivity contribution is -0.128. The van der Waals surface area contributed by atoms with Crippen LogP contribution in [-0.4, -0.2) is 51.8 Å². The number of hydrogen-bond acceptors (Lipinski definition) is 6. The molecule has 1 atom stereocenters. The molecule has 1 amide bonds. The number of aromatic carboxylic acids is 1. The van der Waals surface area contributed by atoms with Gasteiger partial charge >= 0.3 is 5.97 Å². The van der Waals surface area contributed by atoms with E-state index >= 15 is 0 Å². The third kappa shape index (κ3) is 5.28. The quantitative estimate of drug-likeness (QED) is 0.587. The van der Waals surface area contributed by atoms with Crippen molar-refractivity contribution in [3.63, 3.8) is 0 Å². The number of hydrogen-bond donors (Lipinski definition) is 2. The van der Waals surface area contributed by atoms with Gasteiger partial charge in [-0.05, 0) is 24.6 Å². The van der Waals surface area contributed by atoms with Gasteiger partial charge in [0.1, 0.15) is 0 Å². The van der Waals surface area contributed by atoms with Crippen molar-refractivity contribution in [1.29, 1.82) is 0 Å². The zero-order valence-electron chi connectivity index (χ0n) is 14.2. The fourth-order valence-corrected chi connectivity index (χ4v) is 5.11. The van der Waals surface area contributed by atoms with E-state index in [1.165, 1.54) is 28.5 Å². The van der Waals surface area contributed by atoms with Gasteiger partial charge in [0.2, 0.25) is 5.91 Å². The number of halogens is 2. The summed E-state index contributed by atoms with van der Waals surface area (Å²) in [5.74, 6) is -0.231. The summed E-state index contributed by atoms with van der Waals surface area (Å²) in [5.41, 5.74) is 0.848. The van der Waals surface area contributed by atoms with E-state index in [4.69, 9.17) is 28.3 Å². The van der Waals surface area contributed by atoms with Crippen molar-refractivity contribution in [3.05, 3.63) is 39.3 Å². The predicted octanol–water partition coefficient (Wildman–Crippen LogP) is 4.34. The van der Waals surface area contributed by atoms with Gasteiger partial charge in [0.15, 0.2) is 10.0 Å². The van der Waals surface area contributed by atoms with E-state index in [1.54, 1.807) is 12.1 Å². The second-order valence-corrected chi connectivity index (χ2v) is 8.98. The number of thiazole rings is 1. The molecule has 1 unspecified atom stereocenters. The van der Waals surface area contributed by atoms with Crippen molar-refractivity contribution in [1.82, 2.24) is 9.88 Å². The van der Waals surface area contributed by atoms with Gasteiger partial charge < -0.3 is 15.3 Å². The van der Waals surface area contributed by atoms with E-state index in [-0.39, 0.29) is 17.6 Å². The van der Waals surface area contributed by atoms with Crippen LogP contribution in [0, 0.1) is 0 Å². The number of nitrogens with one attached hydrogen (secondary N) is 1. The number of carboxylic acids is 1. The number of rotatable bonds is 8. The lowest BCUT2D eigenvalue weighted by Crippen LogP contribution is -2.39. The zero-order chi connectivity index (χ0) is 19.4. The first-order valence-electron chi connectivity index (χ1n) is 8.24. The molecule has 1 aromatic carbocycles. The number of carbonyl (C=O) groups is 2. The molecule has 27 heavy (non-hydrogen) atoms. The van der Waals surface area contributed by atoms with Crippen molar-refractivity contribution in [3.8, 4) is 0 Å². The first-order chi connectivity index (χ1) is 12.9. The largest absolute Gasteiger partial charge is 0.476 e. The van der Waals surface area contributed by atoms with Crippen molar-refractivity contribution in [2.24, 2.45) is 0 Å². The maximum absolute atomic E-state index is 12.2. The van der Waals surface area contributed by atoms with Crippen LogP contribution in [0.25, 0.3) is 0 Å². The smallest absolute Gasteiger partial charge is 0.355 e. The van der Waals surface area contributed by atoms with Crippen molar-refractivity contribution >= 4 is 63.9 Å². The molecule has 0 bridgehead atoms. The summed E-state index contributed by atoms with van der Waals surface area (Å²) in [6, 6.07) is 5.36. The Morgan fingerprint density at radius 3 is 2.96 bits per heavy atom. The van der Waals surface area contributed by atoms with E-state index in [9.17, 15) is 9.59 Å². The number of amides is 1. The maximum Gasteiger partial charge on any atom is 0.355 e. The minimum absolute atomic E-state index is 0.0571. The minimum Gasteiger partial charge on any atom is -0.476 e. The molecule has 6 nitrogen and oxygen atoms in total. The second-order valence-electron chi connectivity index (χ2n) is 5.94. The molecule has 0 radical (unpaired) electrons. The Hall–Kier alpha value is -1.48. The molecule has 0 aliphatic carbocycles. The average Bonchev–Trinajstić information content (AvgIpc) is 3.22. The zero-order valence-corrected chi connectivity index (χ0v) is 17.3. The maximum atomic E-state index is 12.2. The Kier molecular flexibility index (Phi) is 6.86. The lowest BCUT2D eigenvalue weighted by atomic mass is 10.2. The molecule has 0 saturated carbocycles. The first kappa shape index (κ1) is 20.3. The molecule has 2 aromatic rings. The molecule has 1 aliphatic heterocycles. The monoisotopic (exact) mass is 445 g/mol. The van der Waals surface area contributed by atoms with Gasteiger partial charge in [0, 0.05) is 41.7 Å². The third-order valence-electron chi connectivity index (χ3n) is 4.17. The van der Waals surface area contributed by atoms with Crippen molar-refractivity contribution in [2.45, 2.75) is 23.2 Å². The van der Waals surface area contributed by atoms with E-state index in [0.29, 0.717) is 39.6 Å². The summed E-state index contributed by atoms with van der Waals surface area (Å²) in [4.78, 5) is 29.0. The van der Waals surface area contributed by atoms with Crippen LogP contribution < -0.4 is 5.32 Å². The summed E-state index contributed by atoms with van der Waals surface area (Å²) < 4.78 is 0.696. The van der Waals surface area contributed by atoms with Crippen LogP contribution in [0.5, 0.6) is 0 Å². The van der Waals surface area contributed by atoms with Gasteiger partial charge in [0.25, 0.3) is 0 Å². The van der Waals surface area contributed by atoms with E-state index in [1.807, 2.05) is 11.0 Å². The van der Waals surface area contributed by atoms with Crippen molar-refractivity contribution in [2.75, 3.05) is 24.2 Å². The van der Waals surface area contributed by atoms with Crippen LogP contribution in [0.2, 0.25) is 10.0 Å². The van der Waals surface area contributed by atoms with E-state index in [2.05, 4.69) is 10.3 Å². The predicted molar refractivity (Wildman–Crippen MR) is 109 cm³/mol. The summed E-state index contributed by atoms with van der Waals surface area (Å²) in [7, 11) is 0. The van der Waals surface area contributed by atoms with Crippen LogP contribution >= 0.6 is 46.3 Å². The molecule has 0 spiro atoms. The number of likely N-dealkylation sites (tertiary alicyclic amines) is 1. The Balaban J connectivity index is 1.52. The fourth-order valence-electron chi connectivity index (χ4n) is 2.83. The molecule has 1 saturated heterocycles. The van der Waals surface area contributed by atoms with Crippen LogP contribution in [-0.2, 0) is 4.79 Å². The number of carbonyl (C=O) groups excluding carboxylic acids is 1. The topological polar surface area (TPSA) is 82.5 Å². The molecule has 1 fully saturated rings. The number of carboxylic acid groups (broad SMARTS) is 1. The van der Waals surface area contributed by atoms with Crippen molar-refractivity contribution < 1.29 is 14.7 Å². The Bertz CT molecular complexity index is 847. The molecule has 2 heterocycles. The van der Waals surface area contributed by atoms with Gasteiger partial charge in [-0.2, -0.15) is 0 Å². The number of nitrogens with zero attached hydrogens (tertiary/aromatic N) is 2. The molecular weight excluding hydrogens is 429 g/mol. The lowest BCUT2D eigenvalue weighted by Gasteiger charge is -2.25. The third-order valence-corrected chi connectivity index (χ3v) is 6.72. The summed E-state index contributed by atoms with van der Waals surface area (Å²) in [5, 5.41) is 14.8. The molecular formula is C17H17Cl2N3O3S2. The second kappa shape index (κ2) is 9.14. The molecule has 144 valence electrons. The van der Waals surface area contributed by atoms with E-state index in [0.717, 1.165) is 12.1 Å². The highest BCUT2D eigenvalue weighted by atomic mass is 35.5. The number of benzene rings is 1. The summed E-state index contributed by atoms with van der Waals surface area (Å²) in [6.07, 6.45) is 1.33. The molecule has 1 aliphatic rings. The van der Waals surface area contributed by atoms with Crippen LogP contribution in [0.4, 0.5) is 5.69 Å². The highest BCUT2D eigenvalue weighted by Gasteiger charge is 2.30. The summed E-state index contributed by atoms with van der Waals surface area (Å²) >= 11 is 14.9. The first-order valence-corrected chi connectivity index (χ1v) is 10.9. The Morgan fingerprint density at radius 1 is 1.44 bits per heavy atom. The van der Waals surface area contributed by atoms with Crippen LogP contribution in [0.1, 0.15) is 23.3 Å². The van der Waals surface area contributed by atoms with E-state index < -0.39 is 5.97 Å². The minimum atomic E-state index is -1.03. The number of anilines is 1. The highest BCUT2D eigenvalue weighted by Crippen LogP contribution is 2.28. The summed E-state index contributed by atoms with van der Waals surface area (Å²) in [6.45, 7) is 1.20. The van der Waals surface area contributed by atoms with Gasteiger partial charge in [0.05, 0.1) is 10.7 Å². The Labute approximate surface area is 174 Å². The normalized spacial score (nSPS) is 16.7. The molecule has 3 rings (SSSR count). The van der Waals surface area contributed by atoms with Crippen LogP contribution in [0.3, 0.4) is 0 Å². The molecule has 10 heteroatoms. The number of aromatic nitrogens is 1. The van der Waals surface area contributed by atoms with Gasteiger partial charge in [-0.15, -0.1) is 11.3 Å². The standard InChI is InChI=1S/C17H17Cl2N3O3S2/c18-10-1-3-13(12(19)7-10)20-8-11-2-4-15(23)22(11)5-6-26-17-21-14(9-27-17)16(24)25/h1,3,7,9,11,20H,2,4-6,8H2,(H,24,25). The van der Waals surface area contributed by atoms with Gasteiger partial charge in [-0.25, -0.2) is 9.78 Å². The van der Waals surface area contributed by atoms with Gasteiger partial charge in [-0.3, -0.25) is 4.79 Å². The average molecular weight is 446 g/mol. The Morgan fingerprint density at radius 2 is 2.26 bits per heavy atom. The fraction of sp³-hybridized carbons (Fsp3) is 0.353. The molecule has 1 aromatic heterocycles. The molecule has 2 N–H and O–H groups in total. The highest BCUT2D eigenvalue weighted by molar-refractivity contribution is 8.01. The van der Waals surface area contributed by atoms with Gasteiger partial charge in [-0.1, -0.05) is 35.0 Å². The SMILES string of the molecule is O=C(O)c1csc(SCCN2C(=O)CCC2CNc2ccc(Cl)cc2Cl)n1. The number of thioether (sulfide) groups is 1. The van der Waals surface area contributed by atoms with Crippen LogP contribution in [0.15, 0.2) is 27.9 Å².